The van der Waals surface area contributed by atoms with Crippen LogP contribution in [0.5, 0.6) is 0 Å². The molecule has 1 aliphatic rings. The minimum atomic E-state index is 0.710. The molecule has 1 aromatic heterocycles. The lowest BCUT2D eigenvalue weighted by atomic mass is 10.0. The number of thiophene rings is 1. The number of halogens is 1. The van der Waals surface area contributed by atoms with Crippen LogP contribution in [0.1, 0.15) is 25.7 Å². The largest absolute Gasteiger partial charge is 0.377 e. The van der Waals surface area contributed by atoms with Crippen molar-refractivity contribution in [1.29, 1.82) is 0 Å². The number of rotatable bonds is 4. The van der Waals surface area contributed by atoms with Crippen LogP contribution < -0.4 is 10.6 Å². The first-order chi connectivity index (χ1) is 7.34. The molecule has 2 nitrogen and oxygen atoms in total. The molecule has 0 radical (unpaired) electrons. The maximum absolute atomic E-state index is 5.85. The number of nitrogens with one attached hydrogen (secondary N) is 2. The second kappa shape index (κ2) is 5.73. The van der Waals surface area contributed by atoms with Gasteiger partial charge < -0.3 is 10.6 Å². The highest BCUT2D eigenvalue weighted by molar-refractivity contribution is 7.19. The van der Waals surface area contributed by atoms with E-state index in [0.29, 0.717) is 6.04 Å². The maximum Gasteiger partial charge on any atom is 0.0950 e. The van der Waals surface area contributed by atoms with Crippen molar-refractivity contribution in [2.45, 2.75) is 31.7 Å². The summed E-state index contributed by atoms with van der Waals surface area (Å²) in [6.07, 6.45) is 5.25. The van der Waals surface area contributed by atoms with Crippen LogP contribution in [-0.2, 0) is 0 Å². The lowest BCUT2D eigenvalue weighted by Crippen LogP contribution is -2.35. The zero-order chi connectivity index (χ0) is 10.5. The number of piperidine rings is 1. The first kappa shape index (κ1) is 11.2. The molecule has 0 spiro atoms. The summed E-state index contributed by atoms with van der Waals surface area (Å²) >= 11 is 7.46. The summed E-state index contributed by atoms with van der Waals surface area (Å²) in [5, 5.41) is 8.13. The van der Waals surface area contributed by atoms with Gasteiger partial charge in [0.25, 0.3) is 0 Å². The Bertz CT molecular complexity index is 295. The van der Waals surface area contributed by atoms with Crippen LogP contribution in [0.15, 0.2) is 12.1 Å². The van der Waals surface area contributed by atoms with Crippen molar-refractivity contribution in [2.24, 2.45) is 0 Å². The van der Waals surface area contributed by atoms with Crippen molar-refractivity contribution in [1.82, 2.24) is 5.32 Å². The van der Waals surface area contributed by atoms with Gasteiger partial charge in [-0.15, -0.1) is 11.3 Å². The third kappa shape index (κ3) is 3.67. The zero-order valence-corrected chi connectivity index (χ0v) is 10.3. The standard InChI is InChI=1S/C11H17ClN2S/c12-10-4-5-11(15-10)14-8-6-9-3-1-2-7-13-9/h4-5,9,13-14H,1-3,6-8H2. The molecule has 15 heavy (non-hydrogen) atoms. The molecule has 2 heterocycles. The smallest absolute Gasteiger partial charge is 0.0950 e. The number of anilines is 1. The minimum absolute atomic E-state index is 0.710. The summed E-state index contributed by atoms with van der Waals surface area (Å²) in [6.45, 7) is 2.23. The fourth-order valence-electron chi connectivity index (χ4n) is 1.95. The van der Waals surface area contributed by atoms with Crippen LogP contribution >= 0.6 is 22.9 Å². The fraction of sp³-hybridized carbons (Fsp3) is 0.636. The molecule has 84 valence electrons. The summed E-state index contributed by atoms with van der Waals surface area (Å²) in [4.78, 5) is 0. The summed E-state index contributed by atoms with van der Waals surface area (Å²) in [5.41, 5.74) is 0. The van der Waals surface area contributed by atoms with Gasteiger partial charge in [0, 0.05) is 12.6 Å². The van der Waals surface area contributed by atoms with Crippen molar-refractivity contribution in [3.05, 3.63) is 16.5 Å². The predicted octanol–water partition coefficient (Wildman–Crippen LogP) is 3.35. The second-order valence-corrected chi connectivity index (χ2v) is 5.68. The molecule has 0 aliphatic carbocycles. The lowest BCUT2D eigenvalue weighted by Gasteiger charge is -2.23. The molecule has 1 saturated heterocycles. The second-order valence-electron chi connectivity index (χ2n) is 3.97. The van der Waals surface area contributed by atoms with Gasteiger partial charge in [-0.25, -0.2) is 0 Å². The molecule has 0 saturated carbocycles. The van der Waals surface area contributed by atoms with E-state index < -0.39 is 0 Å². The molecular formula is C11H17ClN2S. The predicted molar refractivity (Wildman–Crippen MR) is 68.1 cm³/mol. The first-order valence-corrected chi connectivity index (χ1v) is 6.76. The number of hydrogen-bond donors (Lipinski definition) is 2. The van der Waals surface area contributed by atoms with E-state index in [1.165, 1.54) is 37.2 Å². The van der Waals surface area contributed by atoms with Gasteiger partial charge in [0.05, 0.1) is 9.34 Å². The summed E-state index contributed by atoms with van der Waals surface area (Å²) in [5.74, 6) is 0. The van der Waals surface area contributed by atoms with E-state index in [9.17, 15) is 0 Å². The van der Waals surface area contributed by atoms with Crippen molar-refractivity contribution >= 4 is 27.9 Å². The van der Waals surface area contributed by atoms with Crippen molar-refractivity contribution < 1.29 is 0 Å². The Morgan fingerprint density at radius 2 is 2.40 bits per heavy atom. The monoisotopic (exact) mass is 244 g/mol. The SMILES string of the molecule is Clc1ccc(NCCC2CCCCN2)s1. The van der Waals surface area contributed by atoms with Crippen molar-refractivity contribution in [3.63, 3.8) is 0 Å². The molecule has 4 heteroatoms. The Kier molecular flexibility index (Phi) is 4.29. The molecule has 2 rings (SSSR count). The number of hydrogen-bond acceptors (Lipinski definition) is 3. The Hall–Kier alpha value is -0.250. The van der Waals surface area contributed by atoms with Gasteiger partial charge in [0.15, 0.2) is 0 Å². The van der Waals surface area contributed by atoms with E-state index in [1.807, 2.05) is 12.1 Å². The topological polar surface area (TPSA) is 24.1 Å². The van der Waals surface area contributed by atoms with Gasteiger partial charge in [-0.2, -0.15) is 0 Å². The Labute approximate surface area is 100 Å². The van der Waals surface area contributed by atoms with Gasteiger partial charge in [-0.3, -0.25) is 0 Å². The highest BCUT2D eigenvalue weighted by Crippen LogP contribution is 2.25. The van der Waals surface area contributed by atoms with Gasteiger partial charge >= 0.3 is 0 Å². The van der Waals surface area contributed by atoms with Gasteiger partial charge in [0.1, 0.15) is 0 Å². The van der Waals surface area contributed by atoms with E-state index in [1.54, 1.807) is 11.3 Å². The lowest BCUT2D eigenvalue weighted by molar-refractivity contribution is 0.389. The molecular weight excluding hydrogens is 228 g/mol. The van der Waals surface area contributed by atoms with Crippen LogP contribution in [0.4, 0.5) is 5.00 Å². The molecule has 1 atom stereocenters. The minimum Gasteiger partial charge on any atom is -0.377 e. The summed E-state index contributed by atoms with van der Waals surface area (Å²) < 4.78 is 0.855. The average molecular weight is 245 g/mol. The average Bonchev–Trinajstić information content (AvgIpc) is 2.66. The van der Waals surface area contributed by atoms with Gasteiger partial charge in [-0.05, 0) is 37.9 Å². The van der Waals surface area contributed by atoms with Gasteiger partial charge in [0.2, 0.25) is 0 Å². The van der Waals surface area contributed by atoms with E-state index in [4.69, 9.17) is 11.6 Å². The van der Waals surface area contributed by atoms with Crippen LogP contribution in [0, 0.1) is 0 Å². The molecule has 0 bridgehead atoms. The zero-order valence-electron chi connectivity index (χ0n) is 8.76. The Morgan fingerprint density at radius 1 is 1.47 bits per heavy atom. The van der Waals surface area contributed by atoms with E-state index >= 15 is 0 Å². The fourth-order valence-corrected chi connectivity index (χ4v) is 2.92. The quantitative estimate of drug-likeness (QED) is 0.849. The molecule has 1 aromatic rings. The van der Waals surface area contributed by atoms with Crippen LogP contribution in [0.3, 0.4) is 0 Å². The third-order valence-corrected chi connectivity index (χ3v) is 3.97. The molecule has 0 aromatic carbocycles. The maximum atomic E-state index is 5.85. The van der Waals surface area contributed by atoms with Crippen LogP contribution in [-0.4, -0.2) is 19.1 Å². The summed E-state index contributed by atoms with van der Waals surface area (Å²) in [6, 6.07) is 4.69. The van der Waals surface area contributed by atoms with E-state index in [2.05, 4.69) is 10.6 Å². The molecule has 2 N–H and O–H groups in total. The van der Waals surface area contributed by atoms with E-state index in [0.717, 1.165) is 10.9 Å². The highest BCUT2D eigenvalue weighted by Gasteiger charge is 2.11. The van der Waals surface area contributed by atoms with Crippen LogP contribution in [0.25, 0.3) is 0 Å². The summed E-state index contributed by atoms with van der Waals surface area (Å²) in [7, 11) is 0. The molecule has 1 fully saturated rings. The molecule has 0 amide bonds. The normalized spacial score (nSPS) is 21.5. The van der Waals surface area contributed by atoms with Crippen molar-refractivity contribution in [3.8, 4) is 0 Å². The van der Waals surface area contributed by atoms with Gasteiger partial charge in [-0.1, -0.05) is 18.0 Å². The van der Waals surface area contributed by atoms with E-state index in [-0.39, 0.29) is 0 Å². The first-order valence-electron chi connectivity index (χ1n) is 5.57. The Morgan fingerprint density at radius 3 is 3.07 bits per heavy atom. The van der Waals surface area contributed by atoms with Crippen molar-refractivity contribution in [2.75, 3.05) is 18.4 Å². The molecule has 1 unspecified atom stereocenters. The highest BCUT2D eigenvalue weighted by atomic mass is 35.5. The van der Waals surface area contributed by atoms with Crippen LogP contribution in [0.2, 0.25) is 4.34 Å². The Balaban J connectivity index is 1.65. The molecule has 1 aliphatic heterocycles. The third-order valence-electron chi connectivity index (χ3n) is 2.78.